The highest BCUT2D eigenvalue weighted by atomic mass is 32.2. The second-order valence-corrected chi connectivity index (χ2v) is 7.02. The summed E-state index contributed by atoms with van der Waals surface area (Å²) in [5.41, 5.74) is -0.499. The molecule has 0 atom stereocenters. The van der Waals surface area contributed by atoms with Crippen LogP contribution < -0.4 is 0 Å². The lowest BCUT2D eigenvalue weighted by Gasteiger charge is -2.07. The Hall–Kier alpha value is -3.40. The van der Waals surface area contributed by atoms with Gasteiger partial charge in [0.25, 0.3) is 0 Å². The van der Waals surface area contributed by atoms with E-state index in [0.29, 0.717) is 10.9 Å². The lowest BCUT2D eigenvalue weighted by molar-refractivity contribution is -0.383. The van der Waals surface area contributed by atoms with Gasteiger partial charge in [0, 0.05) is 17.6 Å². The molecule has 2 aromatic carbocycles. The highest BCUT2D eigenvalue weighted by molar-refractivity contribution is 7.92. The molecule has 4 rings (SSSR count). The van der Waals surface area contributed by atoms with Crippen LogP contribution in [0.15, 0.2) is 63.1 Å². The zero-order valence-electron chi connectivity index (χ0n) is 12.4. The van der Waals surface area contributed by atoms with Crippen molar-refractivity contribution in [2.24, 2.45) is 0 Å². The molecule has 0 saturated heterocycles. The number of benzene rings is 2. The number of hydrogen-bond donors (Lipinski definition) is 0. The van der Waals surface area contributed by atoms with Crippen molar-refractivity contribution < 1.29 is 18.0 Å². The monoisotopic (exact) mass is 356 g/mol. The summed E-state index contributed by atoms with van der Waals surface area (Å²) in [7, 11) is -4.05. The lowest BCUT2D eigenvalue weighted by Crippen LogP contribution is -2.05. The molecule has 124 valence electrons. The number of non-ortho nitro benzene ring substituents is 1. The first-order valence-electron chi connectivity index (χ1n) is 6.98. The van der Waals surface area contributed by atoms with Crippen LogP contribution in [0.5, 0.6) is 0 Å². The molecular weight excluding hydrogens is 348 g/mol. The first-order chi connectivity index (χ1) is 12.0. The van der Waals surface area contributed by atoms with E-state index in [2.05, 4.69) is 19.9 Å². The van der Waals surface area contributed by atoms with E-state index in [1.807, 2.05) is 0 Å². The quantitative estimate of drug-likeness (QED) is 0.404. The maximum absolute atomic E-state index is 13.1. The fourth-order valence-electron chi connectivity index (χ4n) is 2.61. The van der Waals surface area contributed by atoms with Crippen LogP contribution in [0.25, 0.3) is 21.9 Å². The van der Waals surface area contributed by atoms with E-state index < -0.39 is 14.8 Å². The number of aromatic nitrogens is 3. The van der Waals surface area contributed by atoms with Crippen LogP contribution in [0.4, 0.5) is 5.69 Å². The highest BCUT2D eigenvalue weighted by Crippen LogP contribution is 2.33. The SMILES string of the molecule is O=[N+]([O-])c1ccc(S(=O)(=O)c2cccc3cccnc23)c2nonc12. The summed E-state index contributed by atoms with van der Waals surface area (Å²) >= 11 is 0. The third kappa shape index (κ3) is 2.22. The fourth-order valence-corrected chi connectivity index (χ4v) is 4.16. The molecule has 0 aliphatic carbocycles. The van der Waals surface area contributed by atoms with Crippen molar-refractivity contribution in [2.45, 2.75) is 9.79 Å². The number of nitro benzene ring substituents is 1. The van der Waals surface area contributed by atoms with Crippen LogP contribution in [0.1, 0.15) is 0 Å². The fraction of sp³-hybridized carbons (Fsp3) is 0. The standard InChI is InChI=1S/C15H8N4O5S/c20-19(21)10-6-7-12(15-14(10)17-24-18-15)25(22,23)11-5-1-3-9-4-2-8-16-13(9)11/h1-8H. The summed E-state index contributed by atoms with van der Waals surface area (Å²) in [5, 5.41) is 18.7. The van der Waals surface area contributed by atoms with E-state index >= 15 is 0 Å². The number of rotatable bonds is 3. The van der Waals surface area contributed by atoms with E-state index in [0.717, 1.165) is 12.1 Å². The Morgan fingerprint density at radius 3 is 2.44 bits per heavy atom. The first kappa shape index (κ1) is 15.1. The molecule has 2 aromatic heterocycles. The van der Waals surface area contributed by atoms with Crippen LogP contribution in [-0.4, -0.2) is 28.6 Å². The van der Waals surface area contributed by atoms with Crippen molar-refractivity contribution in [3.8, 4) is 0 Å². The molecule has 0 aliphatic heterocycles. The predicted octanol–water partition coefficient (Wildman–Crippen LogP) is 2.51. The van der Waals surface area contributed by atoms with Gasteiger partial charge in [0.2, 0.25) is 15.4 Å². The Morgan fingerprint density at radius 2 is 1.64 bits per heavy atom. The highest BCUT2D eigenvalue weighted by Gasteiger charge is 2.29. The molecule has 25 heavy (non-hydrogen) atoms. The van der Waals surface area contributed by atoms with Gasteiger partial charge in [-0.15, -0.1) is 0 Å². The number of sulfone groups is 1. The van der Waals surface area contributed by atoms with Gasteiger partial charge in [-0.25, -0.2) is 13.0 Å². The van der Waals surface area contributed by atoms with Gasteiger partial charge in [-0.3, -0.25) is 15.1 Å². The van der Waals surface area contributed by atoms with Crippen molar-refractivity contribution >= 4 is 37.5 Å². The zero-order chi connectivity index (χ0) is 17.6. The summed E-state index contributed by atoms with van der Waals surface area (Å²) in [4.78, 5) is 14.3. The normalized spacial score (nSPS) is 11.8. The van der Waals surface area contributed by atoms with Gasteiger partial charge in [-0.2, -0.15) is 0 Å². The predicted molar refractivity (Wildman–Crippen MR) is 85.7 cm³/mol. The Labute approximate surface area is 139 Å². The van der Waals surface area contributed by atoms with Gasteiger partial charge in [0.05, 0.1) is 15.3 Å². The largest absolute Gasteiger partial charge is 0.300 e. The molecule has 10 heteroatoms. The molecule has 0 amide bonds. The van der Waals surface area contributed by atoms with Gasteiger partial charge >= 0.3 is 5.69 Å². The van der Waals surface area contributed by atoms with Gasteiger partial charge < -0.3 is 0 Å². The summed E-state index contributed by atoms with van der Waals surface area (Å²) in [6, 6.07) is 10.4. The van der Waals surface area contributed by atoms with Crippen molar-refractivity contribution in [2.75, 3.05) is 0 Å². The van der Waals surface area contributed by atoms with Crippen LogP contribution in [0.2, 0.25) is 0 Å². The van der Waals surface area contributed by atoms with E-state index in [1.54, 1.807) is 24.3 Å². The molecule has 0 fully saturated rings. The van der Waals surface area contributed by atoms with Gasteiger partial charge in [0.15, 0.2) is 5.52 Å². The number of pyridine rings is 1. The maximum atomic E-state index is 13.1. The smallest absolute Gasteiger partial charge is 0.258 e. The van der Waals surface area contributed by atoms with Crippen molar-refractivity contribution in [1.29, 1.82) is 0 Å². The molecule has 2 heterocycles. The summed E-state index contributed by atoms with van der Waals surface area (Å²) in [6.07, 6.45) is 1.49. The van der Waals surface area contributed by atoms with Gasteiger partial charge in [-0.05, 0) is 28.5 Å². The average molecular weight is 356 g/mol. The Bertz CT molecular complexity index is 1240. The van der Waals surface area contributed by atoms with Crippen molar-refractivity contribution in [3.05, 3.63) is 58.8 Å². The Balaban J connectivity index is 2.04. The van der Waals surface area contributed by atoms with Crippen molar-refractivity contribution in [1.82, 2.24) is 15.3 Å². The van der Waals surface area contributed by atoms with Gasteiger partial charge in [0.1, 0.15) is 4.90 Å². The molecule has 0 radical (unpaired) electrons. The van der Waals surface area contributed by atoms with Crippen molar-refractivity contribution in [3.63, 3.8) is 0 Å². The molecule has 9 nitrogen and oxygen atoms in total. The number of fused-ring (bicyclic) bond motifs is 2. The maximum Gasteiger partial charge on any atom is 0.300 e. The zero-order valence-corrected chi connectivity index (χ0v) is 13.2. The minimum absolute atomic E-state index is 0.0243. The summed E-state index contributed by atoms with van der Waals surface area (Å²) < 4.78 is 30.8. The third-order valence-electron chi connectivity index (χ3n) is 3.73. The van der Waals surface area contributed by atoms with Gasteiger partial charge in [-0.1, -0.05) is 18.2 Å². The molecule has 0 bridgehead atoms. The number of nitrogens with zero attached hydrogens (tertiary/aromatic N) is 4. The summed E-state index contributed by atoms with van der Waals surface area (Å²) in [6.45, 7) is 0. The Kier molecular flexibility index (Phi) is 3.22. The topological polar surface area (TPSA) is 129 Å². The lowest BCUT2D eigenvalue weighted by atomic mass is 10.2. The molecule has 0 N–H and O–H groups in total. The van der Waals surface area contributed by atoms with E-state index in [9.17, 15) is 18.5 Å². The van der Waals surface area contributed by atoms with E-state index in [-0.39, 0.29) is 26.5 Å². The number of nitro groups is 1. The minimum atomic E-state index is -4.05. The Morgan fingerprint density at radius 1 is 0.920 bits per heavy atom. The van der Waals surface area contributed by atoms with Crippen LogP contribution in [0.3, 0.4) is 0 Å². The molecular formula is C15H8N4O5S. The van der Waals surface area contributed by atoms with Crippen LogP contribution in [-0.2, 0) is 9.84 Å². The second kappa shape index (κ2) is 5.31. The summed E-state index contributed by atoms with van der Waals surface area (Å²) in [5.74, 6) is 0. The molecule has 4 aromatic rings. The molecule has 0 unspecified atom stereocenters. The van der Waals surface area contributed by atoms with Crippen LogP contribution >= 0.6 is 0 Å². The second-order valence-electron chi connectivity index (χ2n) is 5.14. The molecule has 0 saturated carbocycles. The average Bonchev–Trinajstić information content (AvgIpc) is 3.09. The third-order valence-corrected chi connectivity index (χ3v) is 5.55. The minimum Gasteiger partial charge on any atom is -0.258 e. The van der Waals surface area contributed by atoms with E-state index in [4.69, 9.17) is 0 Å². The molecule has 0 spiro atoms. The first-order valence-corrected chi connectivity index (χ1v) is 8.47. The van der Waals surface area contributed by atoms with Crippen LogP contribution in [0, 0.1) is 10.1 Å². The molecule has 0 aliphatic rings. The van der Waals surface area contributed by atoms with E-state index in [1.165, 1.54) is 12.3 Å². The number of para-hydroxylation sites is 1. The number of hydrogen-bond acceptors (Lipinski definition) is 8.